The van der Waals surface area contributed by atoms with Crippen molar-refractivity contribution in [1.29, 1.82) is 0 Å². The van der Waals surface area contributed by atoms with Gasteiger partial charge in [0.25, 0.3) is 0 Å². The molecule has 1 saturated heterocycles. The molecule has 4 N–H and O–H groups in total. The van der Waals surface area contributed by atoms with E-state index in [0.717, 1.165) is 42.7 Å². The van der Waals surface area contributed by atoms with E-state index in [-0.39, 0.29) is 18.6 Å². The normalized spacial score (nSPS) is 16.1. The van der Waals surface area contributed by atoms with Gasteiger partial charge in [0.05, 0.1) is 26.4 Å². The van der Waals surface area contributed by atoms with E-state index < -0.39 is 6.10 Å². The highest BCUT2D eigenvalue weighted by atomic mass is 16.5. The second kappa shape index (κ2) is 10.4. The molecule has 2 aromatic rings. The molecule has 0 aromatic heterocycles. The number of nitrogens with zero attached hydrogens (tertiary/aromatic N) is 1. The summed E-state index contributed by atoms with van der Waals surface area (Å²) >= 11 is 0. The Balaban J connectivity index is 1.49. The van der Waals surface area contributed by atoms with Gasteiger partial charge in [0.2, 0.25) is 5.91 Å². The largest absolute Gasteiger partial charge is 0.496 e. The second-order valence-electron chi connectivity index (χ2n) is 7.69. The first-order valence-corrected chi connectivity index (χ1v) is 10.3. The minimum atomic E-state index is -0.565. The molecule has 30 heavy (non-hydrogen) atoms. The molecule has 0 aliphatic carbocycles. The van der Waals surface area contributed by atoms with Crippen molar-refractivity contribution in [2.24, 2.45) is 0 Å². The van der Waals surface area contributed by atoms with Gasteiger partial charge in [0.1, 0.15) is 5.75 Å². The number of likely N-dealkylation sites (tertiary alicyclic amines) is 1. The lowest BCUT2D eigenvalue weighted by molar-refractivity contribution is -0.117. The van der Waals surface area contributed by atoms with E-state index >= 15 is 0 Å². The quantitative estimate of drug-likeness (QED) is 0.532. The average Bonchev–Trinajstić information content (AvgIpc) is 2.75. The number of piperidine rings is 1. The number of aliphatic hydroxyl groups excluding tert-OH is 2. The van der Waals surface area contributed by atoms with E-state index in [1.807, 2.05) is 36.4 Å². The van der Waals surface area contributed by atoms with Crippen molar-refractivity contribution >= 4 is 17.3 Å². The lowest BCUT2D eigenvalue weighted by Crippen LogP contribution is -2.42. The third-order valence-corrected chi connectivity index (χ3v) is 5.48. The first kappa shape index (κ1) is 22.1. The molecule has 0 bridgehead atoms. The van der Waals surface area contributed by atoms with Crippen LogP contribution in [-0.4, -0.2) is 53.8 Å². The van der Waals surface area contributed by atoms with Crippen molar-refractivity contribution in [3.8, 4) is 5.75 Å². The Hall–Kier alpha value is -2.61. The second-order valence-corrected chi connectivity index (χ2v) is 7.69. The summed E-state index contributed by atoms with van der Waals surface area (Å²) in [6.45, 7) is 3.59. The molecule has 1 aliphatic heterocycles. The van der Waals surface area contributed by atoms with Gasteiger partial charge in [-0.3, -0.25) is 9.69 Å². The Morgan fingerprint density at radius 1 is 1.23 bits per heavy atom. The molecule has 3 rings (SSSR count). The first-order valence-electron chi connectivity index (χ1n) is 10.3. The van der Waals surface area contributed by atoms with Crippen molar-refractivity contribution in [3.05, 3.63) is 53.6 Å². The minimum Gasteiger partial charge on any atom is -0.496 e. The summed E-state index contributed by atoms with van der Waals surface area (Å²) in [4.78, 5) is 14.6. The van der Waals surface area contributed by atoms with E-state index in [4.69, 9.17) is 4.74 Å². The van der Waals surface area contributed by atoms with Crippen LogP contribution in [0.15, 0.2) is 42.5 Å². The highest BCUT2D eigenvalue weighted by molar-refractivity contribution is 5.92. The standard InChI is InChI=1S/C23H31N3O4/c1-16(28)17-5-3-6-19(13-17)25-23(29)14-26-11-9-18(10-12-26)24-21-7-4-8-22(30-2)20(21)15-27/h3-8,13,16,18,24,27-28H,9-12,14-15H2,1-2H3,(H,25,29). The molecule has 7 nitrogen and oxygen atoms in total. The van der Waals surface area contributed by atoms with Crippen LogP contribution in [0.3, 0.4) is 0 Å². The van der Waals surface area contributed by atoms with Crippen LogP contribution in [0.5, 0.6) is 5.75 Å². The van der Waals surface area contributed by atoms with Gasteiger partial charge in [-0.25, -0.2) is 0 Å². The van der Waals surface area contributed by atoms with Gasteiger partial charge in [-0.05, 0) is 49.6 Å². The minimum absolute atomic E-state index is 0.0560. The number of aliphatic hydroxyl groups is 2. The maximum atomic E-state index is 12.4. The van der Waals surface area contributed by atoms with Gasteiger partial charge in [-0.15, -0.1) is 0 Å². The molecule has 1 fully saturated rings. The Morgan fingerprint density at radius 3 is 2.63 bits per heavy atom. The number of hydrogen-bond donors (Lipinski definition) is 4. The molecule has 1 heterocycles. The molecule has 1 atom stereocenters. The number of carbonyl (C=O) groups is 1. The summed E-state index contributed by atoms with van der Waals surface area (Å²) in [6.07, 6.45) is 1.25. The summed E-state index contributed by atoms with van der Waals surface area (Å²) in [5.41, 5.74) is 3.14. The molecular formula is C23H31N3O4. The Morgan fingerprint density at radius 2 is 1.97 bits per heavy atom. The van der Waals surface area contributed by atoms with Crippen molar-refractivity contribution in [2.45, 2.75) is 38.5 Å². The number of benzene rings is 2. The van der Waals surface area contributed by atoms with E-state index in [0.29, 0.717) is 18.0 Å². The number of amides is 1. The van der Waals surface area contributed by atoms with Gasteiger partial charge in [-0.2, -0.15) is 0 Å². The molecule has 2 aromatic carbocycles. The van der Waals surface area contributed by atoms with E-state index in [9.17, 15) is 15.0 Å². The van der Waals surface area contributed by atoms with Crippen LogP contribution in [0, 0.1) is 0 Å². The Labute approximate surface area is 177 Å². The maximum Gasteiger partial charge on any atom is 0.238 e. The number of methoxy groups -OCH3 is 1. The predicted octanol–water partition coefficient (Wildman–Crippen LogP) is 2.76. The first-order chi connectivity index (χ1) is 14.5. The van der Waals surface area contributed by atoms with E-state index in [1.54, 1.807) is 20.1 Å². The van der Waals surface area contributed by atoms with Gasteiger partial charge in [0, 0.05) is 36.1 Å². The number of ether oxygens (including phenoxy) is 1. The van der Waals surface area contributed by atoms with Gasteiger partial charge < -0.3 is 25.6 Å². The third-order valence-electron chi connectivity index (χ3n) is 5.48. The molecule has 0 radical (unpaired) electrons. The topological polar surface area (TPSA) is 94.1 Å². The molecule has 7 heteroatoms. The number of carbonyl (C=O) groups excluding carboxylic acids is 1. The van der Waals surface area contributed by atoms with Crippen LogP contribution < -0.4 is 15.4 Å². The SMILES string of the molecule is COc1cccc(NC2CCN(CC(=O)Nc3cccc(C(C)O)c3)CC2)c1CO. The smallest absolute Gasteiger partial charge is 0.238 e. The summed E-state index contributed by atoms with van der Waals surface area (Å²) in [5.74, 6) is 0.621. The van der Waals surface area contributed by atoms with Crippen LogP contribution in [-0.2, 0) is 11.4 Å². The van der Waals surface area contributed by atoms with Crippen LogP contribution in [0.4, 0.5) is 11.4 Å². The van der Waals surface area contributed by atoms with Crippen LogP contribution in [0.2, 0.25) is 0 Å². The molecule has 1 amide bonds. The van der Waals surface area contributed by atoms with Crippen LogP contribution in [0.25, 0.3) is 0 Å². The Kier molecular flexibility index (Phi) is 7.68. The zero-order valence-corrected chi connectivity index (χ0v) is 17.6. The van der Waals surface area contributed by atoms with Gasteiger partial charge in [-0.1, -0.05) is 18.2 Å². The molecule has 1 unspecified atom stereocenters. The van der Waals surface area contributed by atoms with Crippen molar-refractivity contribution < 1.29 is 19.7 Å². The van der Waals surface area contributed by atoms with Crippen molar-refractivity contribution in [2.75, 3.05) is 37.4 Å². The highest BCUT2D eigenvalue weighted by Crippen LogP contribution is 2.28. The molecule has 1 aliphatic rings. The molecule has 0 spiro atoms. The highest BCUT2D eigenvalue weighted by Gasteiger charge is 2.22. The summed E-state index contributed by atoms with van der Waals surface area (Å²) in [6, 6.07) is 13.3. The van der Waals surface area contributed by atoms with Gasteiger partial charge in [0.15, 0.2) is 0 Å². The lowest BCUT2D eigenvalue weighted by atomic mass is 10.0. The molecule has 0 saturated carbocycles. The van der Waals surface area contributed by atoms with Crippen molar-refractivity contribution in [1.82, 2.24) is 4.90 Å². The van der Waals surface area contributed by atoms with Gasteiger partial charge >= 0.3 is 0 Å². The third kappa shape index (κ3) is 5.72. The molecule has 162 valence electrons. The monoisotopic (exact) mass is 413 g/mol. The number of nitrogens with one attached hydrogen (secondary N) is 2. The zero-order chi connectivity index (χ0) is 21.5. The number of hydrogen-bond acceptors (Lipinski definition) is 6. The van der Waals surface area contributed by atoms with Crippen LogP contribution in [0.1, 0.15) is 37.0 Å². The van der Waals surface area contributed by atoms with Crippen LogP contribution >= 0.6 is 0 Å². The van der Waals surface area contributed by atoms with E-state index in [1.165, 1.54) is 0 Å². The zero-order valence-electron chi connectivity index (χ0n) is 17.6. The predicted molar refractivity (Wildman–Crippen MR) is 118 cm³/mol. The number of rotatable bonds is 8. The fourth-order valence-electron chi connectivity index (χ4n) is 3.79. The lowest BCUT2D eigenvalue weighted by Gasteiger charge is -2.33. The van der Waals surface area contributed by atoms with E-state index in [2.05, 4.69) is 15.5 Å². The number of anilines is 2. The summed E-state index contributed by atoms with van der Waals surface area (Å²) in [7, 11) is 1.60. The van der Waals surface area contributed by atoms with Crippen molar-refractivity contribution in [3.63, 3.8) is 0 Å². The fourth-order valence-corrected chi connectivity index (χ4v) is 3.79. The summed E-state index contributed by atoms with van der Waals surface area (Å²) in [5, 5.41) is 25.8. The average molecular weight is 414 g/mol. The molecular weight excluding hydrogens is 382 g/mol. The fraction of sp³-hybridized carbons (Fsp3) is 0.435. The Bertz CT molecular complexity index is 848. The maximum absolute atomic E-state index is 12.4. The summed E-state index contributed by atoms with van der Waals surface area (Å²) < 4.78 is 5.33.